The zero-order valence-electron chi connectivity index (χ0n) is 22.2. The Bertz CT molecular complexity index is 1640. The second kappa shape index (κ2) is 12.0. The van der Waals surface area contributed by atoms with E-state index in [4.69, 9.17) is 9.72 Å². The fourth-order valence-corrected chi connectivity index (χ4v) is 6.45. The van der Waals surface area contributed by atoms with Crippen molar-refractivity contribution in [3.8, 4) is 21.8 Å². The Morgan fingerprint density at radius 2 is 1.73 bits per heavy atom. The summed E-state index contributed by atoms with van der Waals surface area (Å²) >= 11 is 1.31. The van der Waals surface area contributed by atoms with Crippen LogP contribution in [-0.2, 0) is 14.8 Å². The van der Waals surface area contributed by atoms with Crippen LogP contribution in [0, 0.1) is 23.4 Å². The molecule has 0 spiro atoms. The molecule has 0 radical (unpaired) electrons. The number of sulfonamides is 1. The van der Waals surface area contributed by atoms with Crippen molar-refractivity contribution in [2.45, 2.75) is 18.7 Å². The smallest absolute Gasteiger partial charge is 0.267 e. The second-order valence-corrected chi connectivity index (χ2v) is 12.2. The molecule has 0 atom stereocenters. The molecule has 0 unspecified atom stereocenters. The van der Waals surface area contributed by atoms with Crippen molar-refractivity contribution in [1.29, 1.82) is 0 Å². The molecule has 3 heterocycles. The quantitative estimate of drug-likeness (QED) is 0.262. The average Bonchev–Trinajstić information content (AvgIpc) is 3.39. The fourth-order valence-electron chi connectivity index (χ4n) is 4.15. The minimum absolute atomic E-state index is 0.0136. The topological polar surface area (TPSA) is 109 Å². The Kier molecular flexibility index (Phi) is 8.42. The van der Waals surface area contributed by atoms with Gasteiger partial charge < -0.3 is 15.0 Å². The Morgan fingerprint density at radius 1 is 1.02 bits per heavy atom. The first-order chi connectivity index (χ1) is 19.6. The number of rotatable bonds is 9. The molecule has 1 aliphatic rings. The molecule has 216 valence electrons. The van der Waals surface area contributed by atoms with Gasteiger partial charge in [0, 0.05) is 31.4 Å². The molecule has 1 saturated heterocycles. The van der Waals surface area contributed by atoms with Crippen molar-refractivity contribution in [3.05, 3.63) is 66.1 Å². The number of aromatic nitrogens is 3. The molecule has 2 aromatic heterocycles. The van der Waals surface area contributed by atoms with Crippen LogP contribution in [0.1, 0.15) is 13.8 Å². The van der Waals surface area contributed by atoms with E-state index in [1.54, 1.807) is 12.3 Å². The third-order valence-corrected chi connectivity index (χ3v) is 8.69. The van der Waals surface area contributed by atoms with Gasteiger partial charge in [-0.2, -0.15) is 0 Å². The van der Waals surface area contributed by atoms with Gasteiger partial charge in [0.2, 0.25) is 5.95 Å². The Labute approximate surface area is 239 Å². The van der Waals surface area contributed by atoms with Crippen LogP contribution in [0.2, 0.25) is 0 Å². The number of nitrogens with zero attached hydrogens (tertiary/aromatic N) is 4. The van der Waals surface area contributed by atoms with E-state index in [2.05, 4.69) is 29.1 Å². The molecule has 5 rings (SSSR count). The lowest BCUT2D eigenvalue weighted by Crippen LogP contribution is -2.36. The predicted octanol–water partition coefficient (Wildman–Crippen LogP) is 5.39. The van der Waals surface area contributed by atoms with Gasteiger partial charge in [-0.3, -0.25) is 4.72 Å². The molecule has 0 saturated carbocycles. The van der Waals surface area contributed by atoms with Gasteiger partial charge in [0.15, 0.2) is 15.8 Å². The number of ether oxygens (including phenoxy) is 1. The van der Waals surface area contributed by atoms with Crippen molar-refractivity contribution in [2.75, 3.05) is 47.8 Å². The highest BCUT2D eigenvalue weighted by Gasteiger charge is 2.28. The predicted molar refractivity (Wildman–Crippen MR) is 152 cm³/mol. The Hall–Kier alpha value is -3.75. The van der Waals surface area contributed by atoms with Gasteiger partial charge in [-0.1, -0.05) is 37.3 Å². The van der Waals surface area contributed by atoms with Crippen LogP contribution in [0.15, 0.2) is 53.6 Å². The summed E-state index contributed by atoms with van der Waals surface area (Å²) in [6.45, 7) is 6.96. The van der Waals surface area contributed by atoms with Crippen LogP contribution >= 0.6 is 11.3 Å². The van der Waals surface area contributed by atoms with E-state index in [1.807, 2.05) is 9.62 Å². The summed E-state index contributed by atoms with van der Waals surface area (Å²) in [7, 11) is -4.80. The standard InChI is InChI=1S/C27H27F3N6O3S2/c1-16(2)15-32-26-31-10-9-21(33-26)24-23(34-27(40-24)36-11-13-39-14-12-36)17-5-3-8-20(22(17)30)35-41(37,38)25-18(28)6-4-7-19(25)29/h3-10,16,35H,11-15H2,1-2H3,(H,31,32,33). The molecular formula is C27H27F3N6O3S2. The number of benzene rings is 2. The number of thiazole rings is 1. The minimum atomic E-state index is -4.80. The minimum Gasteiger partial charge on any atom is -0.378 e. The van der Waals surface area contributed by atoms with Crippen molar-refractivity contribution >= 4 is 38.1 Å². The van der Waals surface area contributed by atoms with Crippen LogP contribution in [0.3, 0.4) is 0 Å². The monoisotopic (exact) mass is 604 g/mol. The van der Waals surface area contributed by atoms with E-state index < -0.39 is 38.1 Å². The lowest BCUT2D eigenvalue weighted by molar-refractivity contribution is 0.122. The summed E-state index contributed by atoms with van der Waals surface area (Å²) in [5.74, 6) is -2.79. The normalized spacial score (nSPS) is 14.0. The summed E-state index contributed by atoms with van der Waals surface area (Å²) in [4.78, 5) is 15.0. The number of nitrogens with one attached hydrogen (secondary N) is 2. The first-order valence-corrected chi connectivity index (χ1v) is 15.1. The zero-order valence-corrected chi connectivity index (χ0v) is 23.8. The van der Waals surface area contributed by atoms with Crippen LogP contribution in [0.25, 0.3) is 21.8 Å². The molecule has 1 fully saturated rings. The third-order valence-electron chi connectivity index (χ3n) is 6.14. The second-order valence-electron chi connectivity index (χ2n) is 9.64. The van der Waals surface area contributed by atoms with Crippen LogP contribution < -0.4 is 14.9 Å². The van der Waals surface area contributed by atoms with Crippen LogP contribution in [-0.4, -0.2) is 56.2 Å². The number of anilines is 3. The molecule has 2 N–H and O–H groups in total. The van der Waals surface area contributed by atoms with Gasteiger partial charge in [-0.25, -0.2) is 36.5 Å². The van der Waals surface area contributed by atoms with Crippen molar-refractivity contribution in [2.24, 2.45) is 5.92 Å². The van der Waals surface area contributed by atoms with E-state index in [1.165, 1.54) is 29.5 Å². The molecule has 9 nitrogen and oxygen atoms in total. The SMILES string of the molecule is CC(C)CNc1nccc(-c2sc(N3CCOCC3)nc2-c2cccc(NS(=O)(=O)c3c(F)cccc3F)c2F)n1. The van der Waals surface area contributed by atoms with Crippen molar-refractivity contribution in [1.82, 2.24) is 15.0 Å². The zero-order chi connectivity index (χ0) is 29.1. The molecule has 0 amide bonds. The lowest BCUT2D eigenvalue weighted by Gasteiger charge is -2.26. The molecule has 41 heavy (non-hydrogen) atoms. The van der Waals surface area contributed by atoms with E-state index in [-0.39, 0.29) is 11.3 Å². The average molecular weight is 605 g/mol. The molecular weight excluding hydrogens is 577 g/mol. The highest BCUT2D eigenvalue weighted by atomic mass is 32.2. The van der Waals surface area contributed by atoms with E-state index in [9.17, 15) is 17.2 Å². The first-order valence-electron chi connectivity index (χ1n) is 12.8. The largest absolute Gasteiger partial charge is 0.378 e. The molecule has 4 aromatic rings. The molecule has 0 bridgehead atoms. The summed E-state index contributed by atoms with van der Waals surface area (Å²) in [6.07, 6.45) is 1.59. The van der Waals surface area contributed by atoms with E-state index in [0.717, 1.165) is 18.2 Å². The maximum Gasteiger partial charge on any atom is 0.267 e. The Morgan fingerprint density at radius 3 is 2.44 bits per heavy atom. The number of hydrogen-bond acceptors (Lipinski definition) is 9. The lowest BCUT2D eigenvalue weighted by atomic mass is 10.1. The number of hydrogen-bond donors (Lipinski definition) is 2. The van der Waals surface area contributed by atoms with Gasteiger partial charge in [-0.05, 0) is 36.2 Å². The van der Waals surface area contributed by atoms with Gasteiger partial charge in [-0.15, -0.1) is 0 Å². The van der Waals surface area contributed by atoms with E-state index in [0.29, 0.717) is 60.4 Å². The summed E-state index contributed by atoms with van der Waals surface area (Å²) in [5, 5.41) is 3.80. The van der Waals surface area contributed by atoms with Gasteiger partial charge in [0.25, 0.3) is 10.0 Å². The Balaban J connectivity index is 1.58. The fraction of sp³-hybridized carbons (Fsp3) is 0.296. The summed E-state index contributed by atoms with van der Waals surface area (Å²) in [6, 6.07) is 8.40. The maximum atomic E-state index is 16.0. The van der Waals surface area contributed by atoms with Gasteiger partial charge in [0.05, 0.1) is 35.2 Å². The summed E-state index contributed by atoms with van der Waals surface area (Å²) in [5.41, 5.74) is 0.233. The first kappa shape index (κ1) is 28.8. The number of morpholine rings is 1. The van der Waals surface area contributed by atoms with E-state index >= 15 is 4.39 Å². The van der Waals surface area contributed by atoms with Gasteiger partial charge in [0.1, 0.15) is 11.6 Å². The van der Waals surface area contributed by atoms with Crippen LogP contribution in [0.5, 0.6) is 0 Å². The molecule has 0 aliphatic carbocycles. The highest BCUT2D eigenvalue weighted by molar-refractivity contribution is 7.92. The highest BCUT2D eigenvalue weighted by Crippen LogP contribution is 2.42. The van der Waals surface area contributed by atoms with Crippen molar-refractivity contribution in [3.63, 3.8) is 0 Å². The van der Waals surface area contributed by atoms with Crippen molar-refractivity contribution < 1.29 is 26.3 Å². The molecule has 1 aliphatic heterocycles. The third kappa shape index (κ3) is 6.29. The number of halogens is 3. The molecule has 2 aromatic carbocycles. The maximum absolute atomic E-state index is 16.0. The molecule has 14 heteroatoms. The van der Waals surface area contributed by atoms with Gasteiger partial charge >= 0.3 is 0 Å². The summed E-state index contributed by atoms with van der Waals surface area (Å²) < 4.78 is 77.7. The van der Waals surface area contributed by atoms with Crippen LogP contribution in [0.4, 0.5) is 29.9 Å².